The Labute approximate surface area is 696 Å². The molecule has 0 fully saturated rings. The van der Waals surface area contributed by atoms with Gasteiger partial charge in [0, 0.05) is 70.3 Å². The van der Waals surface area contributed by atoms with Crippen LogP contribution in [0.15, 0.2) is 352 Å². The van der Waals surface area contributed by atoms with Gasteiger partial charge in [-0.2, -0.15) is 11.3 Å². The number of rotatable bonds is 12. The molecule has 0 unspecified atom stereocenters. The van der Waals surface area contributed by atoms with Crippen molar-refractivity contribution in [3.63, 3.8) is 0 Å². The Morgan fingerprint density at radius 1 is 0.333 bits per heavy atom. The summed E-state index contributed by atoms with van der Waals surface area (Å²) < 4.78 is 23.0. The molecule has 22 rings (SSSR count). The summed E-state index contributed by atoms with van der Waals surface area (Å²) in [7, 11) is -2.00. The topological polar surface area (TPSA) is 86.4 Å². The number of aryl methyl sites for hydroxylation is 2. The first-order chi connectivity index (χ1) is 55.4. The van der Waals surface area contributed by atoms with Crippen molar-refractivity contribution in [1.29, 1.82) is 0 Å². The van der Waals surface area contributed by atoms with Crippen LogP contribution in [0.1, 0.15) is 0 Å². The van der Waals surface area contributed by atoms with E-state index >= 15 is 0 Å². The van der Waals surface area contributed by atoms with Crippen molar-refractivity contribution in [2.24, 2.45) is 14.1 Å². The number of nitrogens with zero attached hydrogens (tertiary/aromatic N) is 8. The summed E-state index contributed by atoms with van der Waals surface area (Å²) in [4.78, 5) is 24.5. The molecule has 6 aromatic heterocycles. The molecule has 8 heterocycles. The number of hydrogen-bond donors (Lipinski definition) is 0. The van der Waals surface area contributed by atoms with Gasteiger partial charge in [-0.3, -0.25) is 9.97 Å². The molecule has 16 heteroatoms. The van der Waals surface area contributed by atoms with E-state index in [0.717, 1.165) is 94.7 Å². The Balaban J connectivity index is 0.000000150. The zero-order chi connectivity index (χ0) is 74.4. The van der Waals surface area contributed by atoms with Crippen molar-refractivity contribution in [3.05, 3.63) is 376 Å². The predicted molar refractivity (Wildman–Crippen MR) is 466 cm³/mol. The van der Waals surface area contributed by atoms with E-state index in [1.54, 1.807) is 11.3 Å². The van der Waals surface area contributed by atoms with Crippen LogP contribution < -0.4 is 60.8 Å². The Morgan fingerprint density at radius 2 is 0.719 bits per heavy atom. The fourth-order valence-corrected chi connectivity index (χ4v) is 30.6. The van der Waals surface area contributed by atoms with Crippen molar-refractivity contribution in [2.45, 2.75) is 0 Å². The van der Waals surface area contributed by atoms with Gasteiger partial charge >= 0.3 is 40.8 Å². The minimum atomic E-state index is -3.06. The first-order valence-electron chi connectivity index (χ1n) is 37.3. The van der Waals surface area contributed by atoms with E-state index in [0.29, 0.717) is 23.0 Å². The molecule has 0 saturated heterocycles. The molecule has 14 aromatic carbocycles. The number of imidazole rings is 2. The number of fused-ring (bicyclic) bond motifs is 14. The summed E-state index contributed by atoms with van der Waals surface area (Å²) in [6, 6.07) is 135. The minimum absolute atomic E-state index is 0. The molecule has 0 amide bonds. The van der Waals surface area contributed by atoms with E-state index in [4.69, 9.17) is 29.4 Å². The zero-order valence-corrected chi connectivity index (χ0v) is 68.1. The van der Waals surface area contributed by atoms with E-state index in [1.807, 2.05) is 123 Å². The van der Waals surface area contributed by atoms with Gasteiger partial charge in [0.1, 0.15) is 27.8 Å². The van der Waals surface area contributed by atoms with Crippen molar-refractivity contribution < 1.29 is 50.3 Å². The third-order valence-corrected chi connectivity index (χ3v) is 34.2. The van der Waals surface area contributed by atoms with Gasteiger partial charge in [0.15, 0.2) is 0 Å². The summed E-state index contributed by atoms with van der Waals surface area (Å²) in [5.41, 5.74) is 9.81. The monoisotopic (exact) mass is 1720 g/mol. The van der Waals surface area contributed by atoms with Gasteiger partial charge in [-0.05, 0) is 93.3 Å². The number of ether oxygens (including phenoxy) is 2. The summed E-state index contributed by atoms with van der Waals surface area (Å²) in [6.07, 6.45) is 3.73. The second-order valence-electron chi connectivity index (χ2n) is 28.0. The molecule has 2 aliphatic heterocycles. The Kier molecular flexibility index (Phi) is 18.7. The van der Waals surface area contributed by atoms with Crippen LogP contribution in [0.25, 0.3) is 85.2 Å². The van der Waals surface area contributed by atoms with Gasteiger partial charge in [0.2, 0.25) is 0 Å². The zero-order valence-electron chi connectivity index (χ0n) is 61.3. The first kappa shape index (κ1) is 72.0. The maximum Gasteiger partial charge on any atom is 2.00 e. The first-order valence-corrected chi connectivity index (χ1v) is 42.9. The van der Waals surface area contributed by atoms with E-state index in [2.05, 4.69) is 298 Å². The van der Waals surface area contributed by atoms with Crippen LogP contribution in [0.4, 0.5) is 34.4 Å². The van der Waals surface area contributed by atoms with Crippen LogP contribution >= 0.6 is 22.7 Å². The fraction of sp³-hybridized carbons (Fsp3) is 0.0204. The summed E-state index contributed by atoms with van der Waals surface area (Å²) in [5.74, 6) is 5.80. The third-order valence-electron chi connectivity index (χ3n) is 21.9. The van der Waals surface area contributed by atoms with Gasteiger partial charge in [-0.1, -0.05) is 290 Å². The van der Waals surface area contributed by atoms with Crippen molar-refractivity contribution >= 4 is 177 Å². The third kappa shape index (κ3) is 11.6. The van der Waals surface area contributed by atoms with Gasteiger partial charge in [0.05, 0.1) is 33.7 Å². The molecule has 548 valence electrons. The molecule has 0 saturated carbocycles. The van der Waals surface area contributed by atoms with E-state index < -0.39 is 16.1 Å². The van der Waals surface area contributed by atoms with Crippen LogP contribution in [-0.4, -0.2) is 45.2 Å². The van der Waals surface area contributed by atoms with E-state index in [1.165, 1.54) is 66.4 Å². The fourth-order valence-electron chi connectivity index (χ4n) is 17.3. The second kappa shape index (κ2) is 29.7. The van der Waals surface area contributed by atoms with Crippen LogP contribution in [0, 0.1) is 24.3 Å². The number of benzene rings is 14. The van der Waals surface area contributed by atoms with Gasteiger partial charge in [-0.25, -0.2) is 21.3 Å². The molecule has 0 spiro atoms. The maximum absolute atomic E-state index is 7.08. The summed E-state index contributed by atoms with van der Waals surface area (Å²) in [5, 5.41) is 15.0. The van der Waals surface area contributed by atoms with Crippen LogP contribution in [0.5, 0.6) is 23.0 Å². The number of pyridine rings is 2. The number of anilines is 6. The Bertz CT molecular complexity index is 6950. The quantitative estimate of drug-likeness (QED) is 0.0883. The van der Waals surface area contributed by atoms with E-state index in [9.17, 15) is 0 Å². The Hall–Kier alpha value is -12.3. The van der Waals surface area contributed by atoms with E-state index in [-0.39, 0.29) is 40.8 Å². The predicted octanol–water partition coefficient (Wildman–Crippen LogP) is 19.1. The Morgan fingerprint density at radius 3 is 1.19 bits per heavy atom. The van der Waals surface area contributed by atoms with Gasteiger partial charge < -0.3 is 28.4 Å². The minimum Gasteiger partial charge on any atom is -0.502 e. The average molecular weight is 1720 g/mol. The average Bonchev–Trinajstić information content (AvgIpc) is 1.15. The van der Waals surface area contributed by atoms with Crippen molar-refractivity contribution in [1.82, 2.24) is 29.1 Å². The number of aromatic nitrogens is 6. The molecule has 0 radical (unpaired) electrons. The molecule has 20 aromatic rings. The molecule has 114 heavy (non-hydrogen) atoms. The summed E-state index contributed by atoms with van der Waals surface area (Å²) >= 11 is 3.59. The molecule has 10 nitrogen and oxygen atoms in total. The largest absolute Gasteiger partial charge is 2.00 e. The normalized spacial score (nSPS) is 13.0. The number of thiophene rings is 2. The molecule has 0 bridgehead atoms. The van der Waals surface area contributed by atoms with Crippen molar-refractivity contribution in [3.8, 4) is 45.8 Å². The van der Waals surface area contributed by atoms with Crippen molar-refractivity contribution in [2.75, 3.05) is 9.80 Å². The molecular weight excluding hydrogens is 1650 g/mol. The molecule has 0 atom stereocenters. The van der Waals surface area contributed by atoms with Crippen LogP contribution in [0.2, 0.25) is 0 Å². The second-order valence-corrected chi connectivity index (χ2v) is 37.5. The molecule has 0 aliphatic carbocycles. The summed E-state index contributed by atoms with van der Waals surface area (Å²) in [6.45, 7) is 0. The number of para-hydroxylation sites is 6. The molecule has 2 aliphatic rings. The number of hydrogen-bond acceptors (Lipinski definition) is 10. The SMILES string of the molecule is Cn1c(-c2[c-]c(Oc3[c-]c4c(c5c3sc3ccccc35)[Si](c3ccccc3)(c3ccccc3)c3ccccc3N4c3ccccn3)ccc2)nc2ccccc21.Cn1c(-c2[c-]c(Oc3[c-]c4c(c5sc6ccccc6c35)[Si](c3ccccc3)(c3ccccc3)c3ccccc3N4c3ccccn3)ccc2)nc2ccccc21.[Pd+2].[Pd+2]. The van der Waals surface area contributed by atoms with Crippen LogP contribution in [0.3, 0.4) is 0 Å². The standard InChI is InChI=1S/2C49H32N4OSSi.2Pd/c1-52-39-25-10-9-24-38(39)51-49(52)33-17-16-18-34(31-33)54-42-32-41-48(46-37-23-8-12-27-43(37)55-47(42)46)56(35-19-4-2-5-20-35,36-21-6-3-7-22-36)44-28-13-11-26-40(44)53(41)45-29-14-15-30-50-45;1-52-39-25-10-9-24-38(39)51-49(52)33-17-16-18-34(31-33)54-42-32-41-48(47-46(42)37-23-8-12-27-43(37)55-47)56(35-19-4-2-5-20-35,36-21-6-3-7-22-36)44-28-13-11-26-40(44)53(41)45-29-14-15-30-50-45;;/h2*2-30H,1H3;;/q2*-2;2*+2. The smallest absolute Gasteiger partial charge is 0.502 e. The van der Waals surface area contributed by atoms with Crippen LogP contribution in [-0.2, 0) is 54.9 Å². The van der Waals surface area contributed by atoms with Gasteiger partial charge in [-0.15, -0.1) is 75.4 Å². The van der Waals surface area contributed by atoms with Gasteiger partial charge in [0.25, 0.3) is 0 Å². The maximum atomic E-state index is 7.08. The molecular formula is C98H64N8O2Pd2S2Si2. The molecule has 0 N–H and O–H groups in total.